The van der Waals surface area contributed by atoms with E-state index < -0.39 is 46.3 Å². The second kappa shape index (κ2) is 10.1. The number of alkyl halides is 3. The molecule has 2 aromatic carbocycles. The summed E-state index contributed by atoms with van der Waals surface area (Å²) in [7, 11) is 1.26. The maximum Gasteiger partial charge on any atom is 0.440 e. The van der Waals surface area contributed by atoms with Gasteiger partial charge >= 0.3 is 11.9 Å². The van der Waals surface area contributed by atoms with Gasteiger partial charge in [0.05, 0.1) is 28.4 Å². The zero-order valence-electron chi connectivity index (χ0n) is 18.7. The lowest BCUT2D eigenvalue weighted by Crippen LogP contribution is -2.39. The lowest BCUT2D eigenvalue weighted by molar-refractivity contribution is -0.143. The number of benzene rings is 2. The van der Waals surface area contributed by atoms with E-state index in [1.54, 1.807) is 5.10 Å². The number of H-pyrrole nitrogens is 1. The van der Waals surface area contributed by atoms with Gasteiger partial charge in [0.1, 0.15) is 5.75 Å². The molecule has 4 rings (SSSR count). The molecular weight excluding hydrogens is 547 g/mol. The van der Waals surface area contributed by atoms with Crippen molar-refractivity contribution in [3.63, 3.8) is 0 Å². The second-order valence-corrected chi connectivity index (χ2v) is 8.75. The van der Waals surface area contributed by atoms with Crippen LogP contribution in [-0.2, 0) is 6.18 Å². The molecule has 0 atom stereocenters. The molecular formula is C22H16Cl2F4N4O5. The van der Waals surface area contributed by atoms with E-state index in [0.717, 1.165) is 43.5 Å². The van der Waals surface area contributed by atoms with Gasteiger partial charge in [-0.1, -0.05) is 23.2 Å². The van der Waals surface area contributed by atoms with Crippen LogP contribution in [0, 0.1) is 5.82 Å². The van der Waals surface area contributed by atoms with Crippen molar-refractivity contribution in [2.45, 2.75) is 31.5 Å². The molecule has 1 saturated carbocycles. The van der Waals surface area contributed by atoms with Crippen LogP contribution in [0.2, 0.25) is 10.0 Å². The number of nitrogens with zero attached hydrogens (tertiary/aromatic N) is 2. The van der Waals surface area contributed by atoms with E-state index in [9.17, 15) is 31.9 Å². The predicted molar refractivity (Wildman–Crippen MR) is 124 cm³/mol. The van der Waals surface area contributed by atoms with Crippen molar-refractivity contribution >= 4 is 29.1 Å². The number of amides is 1. The molecule has 37 heavy (non-hydrogen) atoms. The molecule has 1 aliphatic carbocycles. The zero-order chi connectivity index (χ0) is 27.1. The Bertz CT molecular complexity index is 1480. The molecule has 0 radical (unpaired) electrons. The quantitative estimate of drug-likeness (QED) is 0.428. The third-order valence-electron chi connectivity index (χ3n) is 5.53. The molecule has 1 amide bonds. The van der Waals surface area contributed by atoms with Crippen molar-refractivity contribution in [1.82, 2.24) is 20.1 Å². The van der Waals surface area contributed by atoms with E-state index in [-0.39, 0.29) is 37.7 Å². The summed E-state index contributed by atoms with van der Waals surface area (Å²) in [5.41, 5.74) is -5.38. The predicted octanol–water partition coefficient (Wildman–Crippen LogP) is 4.47. The van der Waals surface area contributed by atoms with Crippen molar-refractivity contribution in [3.8, 4) is 22.9 Å². The number of ether oxygens (including phenoxy) is 2. The summed E-state index contributed by atoms with van der Waals surface area (Å²) in [6.45, 7) is 0. The summed E-state index contributed by atoms with van der Waals surface area (Å²) in [6.07, 6.45) is -2.55. The van der Waals surface area contributed by atoms with Crippen molar-refractivity contribution in [3.05, 3.63) is 72.2 Å². The zero-order valence-corrected chi connectivity index (χ0v) is 20.2. The van der Waals surface area contributed by atoms with Gasteiger partial charge < -0.3 is 14.8 Å². The summed E-state index contributed by atoms with van der Waals surface area (Å²) in [5, 5.41) is 6.37. The maximum absolute atomic E-state index is 14.7. The highest BCUT2D eigenvalue weighted by molar-refractivity contribution is 6.37. The number of rotatable bonds is 6. The van der Waals surface area contributed by atoms with Crippen LogP contribution in [0.4, 0.5) is 17.6 Å². The van der Waals surface area contributed by atoms with E-state index in [0.29, 0.717) is 0 Å². The molecule has 0 spiro atoms. The SMILES string of the molecule is COc1cc(F)c(Oc2c(Cl)cc(-n3c(=O)[nH]nc(C(F)(F)F)c3=O)cc2Cl)cc1C(=O)NC1CCC1. The van der Waals surface area contributed by atoms with Gasteiger partial charge in [-0.15, -0.1) is 0 Å². The van der Waals surface area contributed by atoms with E-state index in [4.69, 9.17) is 32.7 Å². The molecule has 1 aliphatic rings. The highest BCUT2D eigenvalue weighted by atomic mass is 35.5. The fourth-order valence-corrected chi connectivity index (χ4v) is 4.03. The van der Waals surface area contributed by atoms with Gasteiger partial charge in [0, 0.05) is 18.2 Å². The molecule has 15 heteroatoms. The standard InChI is InChI=1S/C22H16Cl2F4N4O5/c1-36-15-8-14(25)16(7-11(15)19(33)29-9-3-2-4-9)37-17-12(23)5-10(6-13(17)24)32-20(34)18(22(26,27)28)30-31-21(32)35/h5-9H,2-4H2,1H3,(H,29,33)(H,31,35). The number of methoxy groups -OCH3 is 1. The van der Waals surface area contributed by atoms with Crippen LogP contribution in [0.15, 0.2) is 33.9 Å². The topological polar surface area (TPSA) is 115 Å². The van der Waals surface area contributed by atoms with Gasteiger partial charge in [0.25, 0.3) is 11.5 Å². The first kappa shape index (κ1) is 26.5. The first-order valence-corrected chi connectivity index (χ1v) is 11.3. The number of nitrogens with one attached hydrogen (secondary N) is 2. The molecule has 3 aromatic rings. The highest BCUT2D eigenvalue weighted by Crippen LogP contribution is 2.40. The summed E-state index contributed by atoms with van der Waals surface area (Å²) >= 11 is 12.4. The molecule has 2 N–H and O–H groups in total. The lowest BCUT2D eigenvalue weighted by Gasteiger charge is -2.26. The smallest absolute Gasteiger partial charge is 0.440 e. The molecule has 0 saturated heterocycles. The molecule has 1 fully saturated rings. The minimum Gasteiger partial charge on any atom is -0.496 e. The lowest BCUT2D eigenvalue weighted by atomic mass is 9.93. The fourth-order valence-electron chi connectivity index (χ4n) is 3.48. The Balaban J connectivity index is 1.72. The molecule has 0 bridgehead atoms. The minimum atomic E-state index is -5.14. The maximum atomic E-state index is 14.7. The Morgan fingerprint density at radius 3 is 2.32 bits per heavy atom. The highest BCUT2D eigenvalue weighted by Gasteiger charge is 2.38. The van der Waals surface area contributed by atoms with Crippen LogP contribution >= 0.6 is 23.2 Å². The van der Waals surface area contributed by atoms with Crippen LogP contribution in [0.3, 0.4) is 0 Å². The third-order valence-corrected chi connectivity index (χ3v) is 6.09. The first-order chi connectivity index (χ1) is 17.4. The summed E-state index contributed by atoms with van der Waals surface area (Å²) in [4.78, 5) is 37.0. The van der Waals surface area contributed by atoms with E-state index in [2.05, 4.69) is 10.4 Å². The van der Waals surface area contributed by atoms with Gasteiger partial charge in [-0.2, -0.15) is 18.3 Å². The Labute approximate surface area is 214 Å². The van der Waals surface area contributed by atoms with Crippen molar-refractivity contribution < 1.29 is 31.8 Å². The monoisotopic (exact) mass is 562 g/mol. The normalized spacial score (nSPS) is 13.7. The van der Waals surface area contributed by atoms with Crippen LogP contribution in [0.1, 0.15) is 35.3 Å². The average Bonchev–Trinajstić information content (AvgIpc) is 2.78. The van der Waals surface area contributed by atoms with Crippen molar-refractivity contribution in [1.29, 1.82) is 0 Å². The Morgan fingerprint density at radius 2 is 1.78 bits per heavy atom. The summed E-state index contributed by atoms with van der Waals surface area (Å²) in [6, 6.07) is 3.84. The van der Waals surface area contributed by atoms with Crippen LogP contribution < -0.4 is 26.0 Å². The molecule has 0 unspecified atom stereocenters. The fraction of sp³-hybridized carbons (Fsp3) is 0.273. The number of halogens is 6. The Hall–Kier alpha value is -3.58. The molecule has 1 heterocycles. The van der Waals surface area contributed by atoms with Gasteiger partial charge in [0.15, 0.2) is 17.3 Å². The molecule has 0 aliphatic heterocycles. The number of hydrogen-bond donors (Lipinski definition) is 2. The van der Waals surface area contributed by atoms with Crippen molar-refractivity contribution in [2.24, 2.45) is 0 Å². The largest absolute Gasteiger partial charge is 0.496 e. The molecule has 1 aromatic heterocycles. The van der Waals surface area contributed by atoms with E-state index >= 15 is 0 Å². The summed E-state index contributed by atoms with van der Waals surface area (Å²) < 4.78 is 64.7. The van der Waals surface area contributed by atoms with Crippen LogP contribution in [-0.4, -0.2) is 33.8 Å². The second-order valence-electron chi connectivity index (χ2n) is 7.94. The van der Waals surface area contributed by atoms with Crippen LogP contribution in [0.5, 0.6) is 17.2 Å². The minimum absolute atomic E-state index is 0.0133. The number of carbonyl (C=O) groups excluding carboxylic acids is 1. The number of carbonyl (C=O) groups is 1. The number of aromatic nitrogens is 3. The Morgan fingerprint density at radius 1 is 1.14 bits per heavy atom. The van der Waals surface area contributed by atoms with Gasteiger partial charge in [-0.3, -0.25) is 9.59 Å². The van der Waals surface area contributed by atoms with Gasteiger partial charge in [-0.25, -0.2) is 18.9 Å². The number of aromatic amines is 1. The molecule has 196 valence electrons. The third kappa shape index (κ3) is 5.27. The van der Waals surface area contributed by atoms with Gasteiger partial charge in [-0.05, 0) is 31.4 Å². The van der Waals surface area contributed by atoms with Crippen LogP contribution in [0.25, 0.3) is 5.69 Å². The van der Waals surface area contributed by atoms with Gasteiger partial charge in [0.2, 0.25) is 5.69 Å². The van der Waals surface area contributed by atoms with E-state index in [1.165, 1.54) is 7.11 Å². The molecule has 9 nitrogen and oxygen atoms in total. The van der Waals surface area contributed by atoms with Crippen molar-refractivity contribution in [2.75, 3.05) is 7.11 Å². The number of hydrogen-bond acceptors (Lipinski definition) is 6. The average molecular weight is 563 g/mol. The van der Waals surface area contributed by atoms with E-state index in [1.807, 2.05) is 0 Å². The first-order valence-electron chi connectivity index (χ1n) is 10.5. The Kier molecular flexibility index (Phi) is 7.20. The summed E-state index contributed by atoms with van der Waals surface area (Å²) in [5.74, 6) is -2.32.